The normalized spacial score (nSPS) is 14.8. The van der Waals surface area contributed by atoms with Crippen LogP contribution in [0.15, 0.2) is 24.3 Å². The zero-order valence-corrected chi connectivity index (χ0v) is 13.3. The van der Waals surface area contributed by atoms with Gasteiger partial charge >= 0.3 is 0 Å². The van der Waals surface area contributed by atoms with Crippen LogP contribution in [0.1, 0.15) is 24.2 Å². The molecular weight excluding hydrogens is 266 g/mol. The van der Waals surface area contributed by atoms with Crippen molar-refractivity contribution in [2.24, 2.45) is 0 Å². The van der Waals surface area contributed by atoms with E-state index in [9.17, 15) is 4.79 Å². The fraction of sp³-hybridized carbons (Fsp3) is 0.562. The molecule has 0 atom stereocenters. The average molecular weight is 293 g/mol. The van der Waals surface area contributed by atoms with Crippen molar-refractivity contribution in [1.82, 2.24) is 10.2 Å². The highest BCUT2D eigenvalue weighted by atomic mass is 16.5. The van der Waals surface area contributed by atoms with Crippen molar-refractivity contribution in [1.29, 1.82) is 0 Å². The smallest absolute Gasteiger partial charge is 0.251 e. The van der Waals surface area contributed by atoms with E-state index in [-0.39, 0.29) is 5.91 Å². The van der Waals surface area contributed by atoms with Crippen LogP contribution in [0.3, 0.4) is 0 Å². The van der Waals surface area contributed by atoms with Crippen LogP contribution in [0.25, 0.3) is 0 Å². The largest absolute Gasteiger partial charge is 0.388 e. The molecule has 1 heterocycles. The van der Waals surface area contributed by atoms with E-state index in [1.54, 1.807) is 0 Å². The van der Waals surface area contributed by atoms with E-state index in [1.807, 2.05) is 45.2 Å². The van der Waals surface area contributed by atoms with Crippen LogP contribution >= 0.6 is 0 Å². The standard InChI is InChI=1S/C14H21N3O2.C2H6/c1-15-13-4-2-12(3-5-13)14(18)16-6-7-17-8-10-19-11-9-17;1-2/h2-5,15H,6-11H2,1H3,(H,16,18);1-2H3. The van der Waals surface area contributed by atoms with Crippen LogP contribution in [-0.2, 0) is 4.74 Å². The Hall–Kier alpha value is -1.59. The van der Waals surface area contributed by atoms with Crippen molar-refractivity contribution in [2.75, 3.05) is 51.8 Å². The summed E-state index contributed by atoms with van der Waals surface area (Å²) in [6.07, 6.45) is 0. The molecule has 0 unspecified atom stereocenters. The van der Waals surface area contributed by atoms with Gasteiger partial charge in [0.05, 0.1) is 13.2 Å². The van der Waals surface area contributed by atoms with Crippen LogP contribution in [0.4, 0.5) is 5.69 Å². The molecule has 0 aromatic heterocycles. The fourth-order valence-electron chi connectivity index (χ4n) is 2.04. The van der Waals surface area contributed by atoms with E-state index >= 15 is 0 Å². The molecule has 1 aromatic carbocycles. The van der Waals surface area contributed by atoms with Gasteiger partial charge in [0, 0.05) is 44.5 Å². The lowest BCUT2D eigenvalue weighted by Crippen LogP contribution is -2.41. The monoisotopic (exact) mass is 293 g/mol. The molecule has 5 nitrogen and oxygen atoms in total. The summed E-state index contributed by atoms with van der Waals surface area (Å²) >= 11 is 0. The third kappa shape index (κ3) is 6.14. The van der Waals surface area contributed by atoms with E-state index in [0.29, 0.717) is 12.1 Å². The van der Waals surface area contributed by atoms with Gasteiger partial charge in [-0.3, -0.25) is 9.69 Å². The zero-order chi connectivity index (χ0) is 15.5. The summed E-state index contributed by atoms with van der Waals surface area (Å²) < 4.78 is 5.28. The lowest BCUT2D eigenvalue weighted by Gasteiger charge is -2.26. The molecule has 0 aliphatic carbocycles. The van der Waals surface area contributed by atoms with Crippen LogP contribution in [0, 0.1) is 0 Å². The van der Waals surface area contributed by atoms with Crippen molar-refractivity contribution in [3.8, 4) is 0 Å². The third-order valence-electron chi connectivity index (χ3n) is 3.25. The number of morpholine rings is 1. The minimum absolute atomic E-state index is 0.0177. The Morgan fingerprint density at radius 2 is 1.81 bits per heavy atom. The molecule has 1 aliphatic rings. The van der Waals surface area contributed by atoms with Gasteiger partial charge in [-0.15, -0.1) is 0 Å². The fourth-order valence-corrected chi connectivity index (χ4v) is 2.04. The predicted octanol–water partition coefficient (Wildman–Crippen LogP) is 1.82. The lowest BCUT2D eigenvalue weighted by molar-refractivity contribution is 0.0383. The van der Waals surface area contributed by atoms with Crippen LogP contribution in [0.5, 0.6) is 0 Å². The second-order valence-electron chi connectivity index (χ2n) is 4.54. The second-order valence-corrected chi connectivity index (χ2v) is 4.54. The number of benzene rings is 1. The number of nitrogens with zero attached hydrogens (tertiary/aromatic N) is 1. The summed E-state index contributed by atoms with van der Waals surface area (Å²) in [5, 5.41) is 5.97. The lowest BCUT2D eigenvalue weighted by atomic mass is 10.2. The maximum absolute atomic E-state index is 11.9. The Balaban J connectivity index is 0.00000106. The summed E-state index contributed by atoms with van der Waals surface area (Å²) in [5.74, 6) is -0.0177. The topological polar surface area (TPSA) is 53.6 Å². The maximum atomic E-state index is 11.9. The number of hydrogen-bond acceptors (Lipinski definition) is 4. The highest BCUT2D eigenvalue weighted by molar-refractivity contribution is 5.94. The number of amides is 1. The van der Waals surface area contributed by atoms with E-state index in [4.69, 9.17) is 4.74 Å². The van der Waals surface area contributed by atoms with Gasteiger partial charge in [-0.1, -0.05) is 13.8 Å². The first kappa shape index (κ1) is 17.5. The number of ether oxygens (including phenoxy) is 1. The highest BCUT2D eigenvalue weighted by Gasteiger charge is 2.10. The number of nitrogens with one attached hydrogen (secondary N) is 2. The summed E-state index contributed by atoms with van der Waals surface area (Å²) in [7, 11) is 1.86. The van der Waals surface area contributed by atoms with Crippen LogP contribution in [0.2, 0.25) is 0 Å². The Kier molecular flexibility index (Phi) is 8.47. The Labute approximate surface area is 127 Å². The molecular formula is C16H27N3O2. The molecule has 2 rings (SSSR count). The molecule has 1 fully saturated rings. The Bertz CT molecular complexity index is 400. The van der Waals surface area contributed by atoms with Gasteiger partial charge in [0.25, 0.3) is 5.91 Å². The minimum Gasteiger partial charge on any atom is -0.388 e. The van der Waals surface area contributed by atoms with Gasteiger partial charge in [-0.05, 0) is 24.3 Å². The number of carbonyl (C=O) groups is 1. The summed E-state index contributed by atoms with van der Waals surface area (Å²) in [5.41, 5.74) is 1.70. The molecule has 118 valence electrons. The maximum Gasteiger partial charge on any atom is 0.251 e. The number of hydrogen-bond donors (Lipinski definition) is 2. The van der Waals surface area contributed by atoms with Crippen molar-refractivity contribution in [3.05, 3.63) is 29.8 Å². The second kappa shape index (κ2) is 10.2. The van der Waals surface area contributed by atoms with Crippen molar-refractivity contribution >= 4 is 11.6 Å². The number of rotatable bonds is 5. The van der Waals surface area contributed by atoms with Crippen molar-refractivity contribution in [2.45, 2.75) is 13.8 Å². The highest BCUT2D eigenvalue weighted by Crippen LogP contribution is 2.08. The molecule has 0 radical (unpaired) electrons. The number of carbonyl (C=O) groups excluding carboxylic acids is 1. The van der Waals surface area contributed by atoms with Gasteiger partial charge in [0.15, 0.2) is 0 Å². The van der Waals surface area contributed by atoms with E-state index in [0.717, 1.165) is 38.5 Å². The molecule has 1 saturated heterocycles. The molecule has 5 heteroatoms. The first-order chi connectivity index (χ1) is 10.3. The van der Waals surface area contributed by atoms with Crippen molar-refractivity contribution < 1.29 is 9.53 Å². The summed E-state index contributed by atoms with van der Waals surface area (Å²) in [6, 6.07) is 7.46. The first-order valence-corrected chi connectivity index (χ1v) is 7.66. The molecule has 2 N–H and O–H groups in total. The first-order valence-electron chi connectivity index (χ1n) is 7.66. The zero-order valence-electron chi connectivity index (χ0n) is 13.3. The van der Waals surface area contributed by atoms with Gasteiger partial charge in [0.2, 0.25) is 0 Å². The molecule has 1 aromatic rings. The SMILES string of the molecule is CC.CNc1ccc(C(=O)NCCN2CCOCC2)cc1. The van der Waals surface area contributed by atoms with E-state index in [1.165, 1.54) is 0 Å². The summed E-state index contributed by atoms with van der Waals surface area (Å²) in [6.45, 7) is 9.04. The molecule has 21 heavy (non-hydrogen) atoms. The van der Waals surface area contributed by atoms with Crippen LogP contribution in [-0.4, -0.2) is 57.2 Å². The molecule has 0 bridgehead atoms. The van der Waals surface area contributed by atoms with Gasteiger partial charge in [0.1, 0.15) is 0 Å². The summed E-state index contributed by atoms with van der Waals surface area (Å²) in [4.78, 5) is 14.2. The van der Waals surface area contributed by atoms with Gasteiger partial charge in [-0.25, -0.2) is 0 Å². The van der Waals surface area contributed by atoms with Gasteiger partial charge < -0.3 is 15.4 Å². The predicted molar refractivity (Wildman–Crippen MR) is 86.9 cm³/mol. The number of anilines is 1. The van der Waals surface area contributed by atoms with E-state index in [2.05, 4.69) is 15.5 Å². The van der Waals surface area contributed by atoms with E-state index < -0.39 is 0 Å². The van der Waals surface area contributed by atoms with Gasteiger partial charge in [-0.2, -0.15) is 0 Å². The Morgan fingerprint density at radius 1 is 1.19 bits per heavy atom. The molecule has 0 saturated carbocycles. The quantitative estimate of drug-likeness (QED) is 0.869. The third-order valence-corrected chi connectivity index (χ3v) is 3.25. The van der Waals surface area contributed by atoms with Crippen molar-refractivity contribution in [3.63, 3.8) is 0 Å². The molecule has 1 amide bonds. The molecule has 1 aliphatic heterocycles. The Morgan fingerprint density at radius 3 is 2.38 bits per heavy atom. The average Bonchev–Trinajstić information content (AvgIpc) is 2.57. The van der Waals surface area contributed by atoms with Crippen LogP contribution < -0.4 is 10.6 Å². The molecule has 0 spiro atoms. The minimum atomic E-state index is -0.0177.